The van der Waals surface area contributed by atoms with E-state index in [-0.39, 0.29) is 6.10 Å². The van der Waals surface area contributed by atoms with Gasteiger partial charge in [-0.1, -0.05) is 6.07 Å². The lowest BCUT2D eigenvalue weighted by Gasteiger charge is -2.05. The first-order valence-corrected chi connectivity index (χ1v) is 4.33. The molecule has 1 heterocycles. The predicted molar refractivity (Wildman–Crippen MR) is 52.0 cm³/mol. The lowest BCUT2D eigenvalue weighted by molar-refractivity contribution is 0.170. The van der Waals surface area contributed by atoms with Gasteiger partial charge in [-0.3, -0.25) is 4.98 Å². The van der Waals surface area contributed by atoms with Crippen LogP contribution >= 0.6 is 0 Å². The van der Waals surface area contributed by atoms with Crippen LogP contribution in [-0.4, -0.2) is 16.2 Å². The molecule has 0 spiro atoms. The van der Waals surface area contributed by atoms with Crippen LogP contribution in [0.5, 0.6) is 0 Å². The van der Waals surface area contributed by atoms with E-state index in [1.807, 2.05) is 18.3 Å². The number of rotatable bonds is 4. The van der Waals surface area contributed by atoms with E-state index in [2.05, 4.69) is 10.9 Å². The highest BCUT2D eigenvalue weighted by molar-refractivity contribution is 5.08. The summed E-state index contributed by atoms with van der Waals surface area (Å²) in [6.45, 7) is 0. The molecule has 0 fully saturated rings. The molecule has 1 aromatic rings. The molecule has 68 valence electrons. The fourth-order valence-electron chi connectivity index (χ4n) is 1.12. The molecule has 1 aromatic heterocycles. The van der Waals surface area contributed by atoms with Gasteiger partial charge in [0.1, 0.15) is 0 Å². The van der Waals surface area contributed by atoms with E-state index in [4.69, 9.17) is 6.42 Å². The maximum absolute atomic E-state index is 9.35. The van der Waals surface area contributed by atoms with Crippen molar-refractivity contribution < 1.29 is 5.11 Å². The van der Waals surface area contributed by atoms with Gasteiger partial charge < -0.3 is 5.11 Å². The van der Waals surface area contributed by atoms with Crippen LogP contribution in [0.4, 0.5) is 0 Å². The normalized spacial score (nSPS) is 12.0. The van der Waals surface area contributed by atoms with Gasteiger partial charge in [0.05, 0.1) is 6.10 Å². The summed E-state index contributed by atoms with van der Waals surface area (Å²) in [5, 5.41) is 9.35. The van der Waals surface area contributed by atoms with Crippen molar-refractivity contribution in [1.29, 1.82) is 0 Å². The summed E-state index contributed by atoms with van der Waals surface area (Å²) < 4.78 is 0. The fraction of sp³-hybridized carbons (Fsp3) is 0.364. The fourth-order valence-corrected chi connectivity index (χ4v) is 1.12. The third kappa shape index (κ3) is 3.73. The van der Waals surface area contributed by atoms with Gasteiger partial charge in [0.15, 0.2) is 0 Å². The summed E-state index contributed by atoms with van der Waals surface area (Å²) in [5.74, 6) is 2.44. The maximum Gasteiger partial charge on any atom is 0.0652 e. The number of aliphatic hydroxyl groups is 1. The maximum atomic E-state index is 9.35. The molecule has 0 aliphatic rings. The number of nitrogens with zero attached hydrogens (tertiary/aromatic N) is 1. The molecule has 0 aliphatic carbocycles. The monoisotopic (exact) mass is 175 g/mol. The second-order valence-electron chi connectivity index (χ2n) is 2.96. The Morgan fingerprint density at radius 3 is 3.08 bits per heavy atom. The molecule has 0 saturated heterocycles. The summed E-state index contributed by atoms with van der Waals surface area (Å²) >= 11 is 0. The van der Waals surface area contributed by atoms with Crippen LogP contribution in [0.15, 0.2) is 24.5 Å². The summed E-state index contributed by atoms with van der Waals surface area (Å²) in [6.07, 6.45) is 10.2. The minimum absolute atomic E-state index is 0.384. The van der Waals surface area contributed by atoms with Crippen molar-refractivity contribution in [3.8, 4) is 12.3 Å². The molecule has 0 bridgehead atoms. The van der Waals surface area contributed by atoms with Crippen LogP contribution in [0.2, 0.25) is 0 Å². The van der Waals surface area contributed by atoms with E-state index in [0.29, 0.717) is 12.8 Å². The summed E-state index contributed by atoms with van der Waals surface area (Å²) in [5.41, 5.74) is 1.14. The van der Waals surface area contributed by atoms with Crippen molar-refractivity contribution in [2.24, 2.45) is 0 Å². The molecule has 1 atom stereocenters. The summed E-state index contributed by atoms with van der Waals surface area (Å²) in [6, 6.07) is 3.89. The molecule has 0 saturated carbocycles. The molecule has 0 amide bonds. The Morgan fingerprint density at radius 2 is 2.46 bits per heavy atom. The molecule has 2 nitrogen and oxygen atoms in total. The topological polar surface area (TPSA) is 33.1 Å². The third-order valence-corrected chi connectivity index (χ3v) is 1.84. The first-order valence-electron chi connectivity index (χ1n) is 4.33. The molecule has 1 rings (SSSR count). The van der Waals surface area contributed by atoms with Gasteiger partial charge >= 0.3 is 0 Å². The van der Waals surface area contributed by atoms with Crippen molar-refractivity contribution in [2.75, 3.05) is 0 Å². The lowest BCUT2D eigenvalue weighted by Crippen LogP contribution is -2.06. The quantitative estimate of drug-likeness (QED) is 0.702. The van der Waals surface area contributed by atoms with Gasteiger partial charge in [0.25, 0.3) is 0 Å². The number of aryl methyl sites for hydroxylation is 1. The number of terminal acetylenes is 1. The predicted octanol–water partition coefficient (Wildman–Crippen LogP) is 1.40. The van der Waals surface area contributed by atoms with Gasteiger partial charge in [0, 0.05) is 18.8 Å². The minimum atomic E-state index is -0.384. The largest absolute Gasteiger partial charge is 0.392 e. The highest BCUT2D eigenvalue weighted by Crippen LogP contribution is 2.05. The number of aromatic nitrogens is 1. The van der Waals surface area contributed by atoms with Crippen molar-refractivity contribution in [3.63, 3.8) is 0 Å². The second kappa shape index (κ2) is 5.34. The molecular weight excluding hydrogens is 162 g/mol. The van der Waals surface area contributed by atoms with Gasteiger partial charge in [0.2, 0.25) is 0 Å². The molecular formula is C11H13NO. The highest BCUT2D eigenvalue weighted by Gasteiger charge is 2.01. The van der Waals surface area contributed by atoms with Gasteiger partial charge in [-0.15, -0.1) is 12.3 Å². The zero-order valence-electron chi connectivity index (χ0n) is 7.48. The SMILES string of the molecule is C#CCC(O)CCc1cccnc1. The Balaban J connectivity index is 2.32. The molecule has 13 heavy (non-hydrogen) atoms. The third-order valence-electron chi connectivity index (χ3n) is 1.84. The summed E-state index contributed by atoms with van der Waals surface area (Å²) in [7, 11) is 0. The smallest absolute Gasteiger partial charge is 0.0652 e. The van der Waals surface area contributed by atoms with Crippen LogP contribution in [0.3, 0.4) is 0 Å². The van der Waals surface area contributed by atoms with E-state index < -0.39 is 0 Å². The Labute approximate surface area is 78.6 Å². The van der Waals surface area contributed by atoms with Crippen LogP contribution in [-0.2, 0) is 6.42 Å². The van der Waals surface area contributed by atoms with E-state index in [1.165, 1.54) is 0 Å². The van der Waals surface area contributed by atoms with Crippen molar-refractivity contribution in [1.82, 2.24) is 4.98 Å². The molecule has 1 unspecified atom stereocenters. The standard InChI is InChI=1S/C11H13NO/c1-2-4-11(13)7-6-10-5-3-8-12-9-10/h1,3,5,8-9,11,13H,4,6-7H2. The number of hydrogen-bond donors (Lipinski definition) is 1. The average molecular weight is 175 g/mol. The average Bonchev–Trinajstić information content (AvgIpc) is 2.17. The summed E-state index contributed by atoms with van der Waals surface area (Å²) in [4.78, 5) is 3.99. The molecule has 0 aliphatic heterocycles. The molecule has 1 N–H and O–H groups in total. The van der Waals surface area contributed by atoms with Crippen molar-refractivity contribution in [2.45, 2.75) is 25.4 Å². The molecule has 2 heteroatoms. The van der Waals surface area contributed by atoms with Gasteiger partial charge in [-0.2, -0.15) is 0 Å². The molecule has 0 radical (unpaired) electrons. The minimum Gasteiger partial charge on any atom is -0.392 e. The van der Waals surface area contributed by atoms with E-state index in [0.717, 1.165) is 12.0 Å². The first-order chi connectivity index (χ1) is 6.33. The van der Waals surface area contributed by atoms with Gasteiger partial charge in [-0.05, 0) is 24.5 Å². The number of hydrogen-bond acceptors (Lipinski definition) is 2. The van der Waals surface area contributed by atoms with Crippen LogP contribution in [0.1, 0.15) is 18.4 Å². The highest BCUT2D eigenvalue weighted by atomic mass is 16.3. The first kappa shape index (κ1) is 9.76. The Morgan fingerprint density at radius 1 is 1.62 bits per heavy atom. The zero-order valence-corrected chi connectivity index (χ0v) is 7.48. The zero-order chi connectivity index (χ0) is 9.52. The second-order valence-corrected chi connectivity index (χ2v) is 2.96. The van der Waals surface area contributed by atoms with E-state index in [9.17, 15) is 5.11 Å². The van der Waals surface area contributed by atoms with Crippen molar-refractivity contribution >= 4 is 0 Å². The Hall–Kier alpha value is -1.33. The Kier molecular flexibility index (Phi) is 4.01. The van der Waals surface area contributed by atoms with Crippen LogP contribution < -0.4 is 0 Å². The van der Waals surface area contributed by atoms with E-state index >= 15 is 0 Å². The Bertz CT molecular complexity index is 276. The number of aliphatic hydroxyl groups excluding tert-OH is 1. The number of pyridine rings is 1. The lowest BCUT2D eigenvalue weighted by atomic mass is 10.1. The van der Waals surface area contributed by atoms with Crippen molar-refractivity contribution in [3.05, 3.63) is 30.1 Å². The van der Waals surface area contributed by atoms with Crippen LogP contribution in [0, 0.1) is 12.3 Å². The molecule has 0 aromatic carbocycles. The van der Waals surface area contributed by atoms with E-state index in [1.54, 1.807) is 6.20 Å². The van der Waals surface area contributed by atoms with Crippen LogP contribution in [0.25, 0.3) is 0 Å². The van der Waals surface area contributed by atoms with Gasteiger partial charge in [-0.25, -0.2) is 0 Å².